The van der Waals surface area contributed by atoms with Crippen molar-refractivity contribution in [3.05, 3.63) is 24.7 Å². The third-order valence-electron chi connectivity index (χ3n) is 7.43. The van der Waals surface area contributed by atoms with Crippen LogP contribution in [-0.4, -0.2) is 48.2 Å². The summed E-state index contributed by atoms with van der Waals surface area (Å²) in [6.45, 7) is 7.68. The molecule has 5 rings (SSSR count). The summed E-state index contributed by atoms with van der Waals surface area (Å²) in [4.78, 5) is 23.6. The summed E-state index contributed by atoms with van der Waals surface area (Å²) in [5.41, 5.74) is 2.29. The number of Topliss-reactive ketones (excluding diaryl/α,β-unsaturated/α-hetero) is 1. The first-order valence-electron chi connectivity index (χ1n) is 11.8. The monoisotopic (exact) mass is 423 g/mol. The molecule has 6 nitrogen and oxygen atoms in total. The molecule has 0 amide bonds. The van der Waals surface area contributed by atoms with Crippen LogP contribution in [0.3, 0.4) is 0 Å². The van der Waals surface area contributed by atoms with E-state index in [1.165, 1.54) is 0 Å². The fraction of sp³-hybridized carbons (Fsp3) is 0.640. The Hall–Kier alpha value is -2.21. The summed E-state index contributed by atoms with van der Waals surface area (Å²) >= 11 is 0. The van der Waals surface area contributed by atoms with Crippen molar-refractivity contribution >= 4 is 22.4 Å². The van der Waals surface area contributed by atoms with Gasteiger partial charge in [-0.1, -0.05) is 13.8 Å². The van der Waals surface area contributed by atoms with Crippen LogP contribution >= 0.6 is 0 Å². The zero-order chi connectivity index (χ0) is 21.4. The van der Waals surface area contributed by atoms with Gasteiger partial charge in [0.15, 0.2) is 0 Å². The van der Waals surface area contributed by atoms with Gasteiger partial charge < -0.3 is 14.4 Å². The molecule has 3 aliphatic rings. The molecular formula is C25H33N3O3. The lowest BCUT2D eigenvalue weighted by Gasteiger charge is -2.31. The summed E-state index contributed by atoms with van der Waals surface area (Å²) in [7, 11) is 0. The van der Waals surface area contributed by atoms with Gasteiger partial charge >= 0.3 is 0 Å². The van der Waals surface area contributed by atoms with Crippen molar-refractivity contribution in [1.29, 1.82) is 0 Å². The predicted molar refractivity (Wildman–Crippen MR) is 120 cm³/mol. The molecule has 6 heteroatoms. The number of carbonyl (C=O) groups is 1. The molecule has 1 atom stereocenters. The van der Waals surface area contributed by atoms with Crippen LogP contribution in [0, 0.1) is 17.3 Å². The minimum absolute atomic E-state index is 0.187. The van der Waals surface area contributed by atoms with E-state index in [4.69, 9.17) is 9.47 Å². The van der Waals surface area contributed by atoms with Crippen LogP contribution in [0.2, 0.25) is 0 Å². The fourth-order valence-electron chi connectivity index (χ4n) is 5.22. The van der Waals surface area contributed by atoms with Crippen LogP contribution in [0.5, 0.6) is 5.75 Å². The number of hydrogen-bond acceptors (Lipinski definition) is 6. The lowest BCUT2D eigenvalue weighted by molar-refractivity contribution is -0.122. The van der Waals surface area contributed by atoms with Gasteiger partial charge in [0.2, 0.25) is 0 Å². The van der Waals surface area contributed by atoms with Gasteiger partial charge in [0, 0.05) is 43.4 Å². The molecule has 0 bridgehead atoms. The summed E-state index contributed by atoms with van der Waals surface area (Å²) in [5.74, 6) is 2.17. The highest BCUT2D eigenvalue weighted by Gasteiger charge is 2.50. The first kappa shape index (κ1) is 20.7. The van der Waals surface area contributed by atoms with Gasteiger partial charge in [-0.25, -0.2) is 9.97 Å². The second-order valence-corrected chi connectivity index (χ2v) is 10.2. The normalized spacial score (nSPS) is 27.8. The van der Waals surface area contributed by atoms with E-state index in [9.17, 15) is 4.79 Å². The molecule has 2 heterocycles. The van der Waals surface area contributed by atoms with E-state index >= 15 is 0 Å². The maximum Gasteiger partial charge on any atom is 0.136 e. The van der Waals surface area contributed by atoms with E-state index in [2.05, 4.69) is 40.8 Å². The molecule has 0 radical (unpaired) electrons. The van der Waals surface area contributed by atoms with Crippen molar-refractivity contribution in [3.8, 4) is 5.75 Å². The van der Waals surface area contributed by atoms with Crippen molar-refractivity contribution < 1.29 is 14.3 Å². The van der Waals surface area contributed by atoms with Crippen LogP contribution in [0.15, 0.2) is 24.7 Å². The summed E-state index contributed by atoms with van der Waals surface area (Å²) in [6, 6.07) is 4.26. The van der Waals surface area contributed by atoms with Gasteiger partial charge in [-0.3, -0.25) is 4.79 Å². The molecule has 1 saturated heterocycles. The molecule has 2 aromatic rings. The van der Waals surface area contributed by atoms with Crippen molar-refractivity contribution in [2.45, 2.75) is 58.5 Å². The lowest BCUT2D eigenvalue weighted by Crippen LogP contribution is -2.36. The number of rotatable bonds is 6. The molecule has 0 N–H and O–H groups in total. The van der Waals surface area contributed by atoms with Crippen molar-refractivity contribution in [1.82, 2.24) is 9.97 Å². The SMILES string of the molecule is CC1(C)CC1C(=O)CC1CCC(Oc2cc(N3CCOCC3)cc3ncncc23)CC1. The Morgan fingerprint density at radius 3 is 2.65 bits per heavy atom. The van der Waals surface area contributed by atoms with E-state index < -0.39 is 0 Å². The van der Waals surface area contributed by atoms with E-state index in [0.717, 1.165) is 87.2 Å². The van der Waals surface area contributed by atoms with E-state index in [1.54, 1.807) is 6.33 Å². The average molecular weight is 424 g/mol. The molecule has 3 fully saturated rings. The van der Waals surface area contributed by atoms with Gasteiger partial charge in [-0.15, -0.1) is 0 Å². The molecule has 0 spiro atoms. The number of nitrogens with zero attached hydrogens (tertiary/aromatic N) is 3. The third-order valence-corrected chi connectivity index (χ3v) is 7.43. The molecule has 1 unspecified atom stereocenters. The smallest absolute Gasteiger partial charge is 0.136 e. The Bertz CT molecular complexity index is 946. The second kappa shape index (κ2) is 8.38. The summed E-state index contributed by atoms with van der Waals surface area (Å²) in [6.07, 6.45) is 9.60. The molecule has 166 valence electrons. The number of hydrogen-bond donors (Lipinski definition) is 0. The fourth-order valence-corrected chi connectivity index (χ4v) is 5.22. The molecule has 1 aromatic carbocycles. The highest BCUT2D eigenvalue weighted by atomic mass is 16.5. The molecule has 2 aliphatic carbocycles. The highest BCUT2D eigenvalue weighted by Crippen LogP contribution is 2.53. The predicted octanol–water partition coefficient (Wildman–Crippen LogP) is 4.41. The number of carbonyl (C=O) groups excluding carboxylic acids is 1. The van der Waals surface area contributed by atoms with Crippen LogP contribution in [-0.2, 0) is 9.53 Å². The first-order chi connectivity index (χ1) is 15.0. The maximum atomic E-state index is 12.5. The van der Waals surface area contributed by atoms with E-state index in [-0.39, 0.29) is 11.5 Å². The Balaban J connectivity index is 1.25. The van der Waals surface area contributed by atoms with Gasteiger partial charge in [0.25, 0.3) is 0 Å². The quantitative estimate of drug-likeness (QED) is 0.686. The first-order valence-corrected chi connectivity index (χ1v) is 11.8. The van der Waals surface area contributed by atoms with Crippen LogP contribution in [0.1, 0.15) is 52.4 Å². The average Bonchev–Trinajstić information content (AvgIpc) is 3.44. The zero-order valence-electron chi connectivity index (χ0n) is 18.7. The molecule has 2 saturated carbocycles. The molecular weight excluding hydrogens is 390 g/mol. The lowest BCUT2D eigenvalue weighted by atomic mass is 9.83. The number of ether oxygens (including phenoxy) is 2. The Morgan fingerprint density at radius 2 is 1.94 bits per heavy atom. The molecule has 1 aromatic heterocycles. The number of anilines is 1. The standard InChI is InChI=1S/C25H33N3O3/c1-25(2)14-21(25)23(29)11-17-3-5-19(6-4-17)31-24-13-18(28-7-9-30-10-8-28)12-22-20(24)15-26-16-27-22/h12-13,15-17,19,21H,3-11,14H2,1-2H3. The van der Waals surface area contributed by atoms with Crippen molar-refractivity contribution in [2.75, 3.05) is 31.2 Å². The minimum Gasteiger partial charge on any atom is -0.490 e. The topological polar surface area (TPSA) is 64.5 Å². The van der Waals surface area contributed by atoms with E-state index in [1.807, 2.05) is 6.20 Å². The van der Waals surface area contributed by atoms with Gasteiger partial charge in [0.05, 0.1) is 30.2 Å². The van der Waals surface area contributed by atoms with Crippen molar-refractivity contribution in [3.63, 3.8) is 0 Å². The van der Waals surface area contributed by atoms with Gasteiger partial charge in [-0.05, 0) is 49.5 Å². The van der Waals surface area contributed by atoms with Crippen LogP contribution in [0.4, 0.5) is 5.69 Å². The number of aromatic nitrogens is 2. The Morgan fingerprint density at radius 1 is 1.19 bits per heavy atom. The number of ketones is 1. The van der Waals surface area contributed by atoms with Crippen LogP contribution < -0.4 is 9.64 Å². The Labute approximate surface area is 184 Å². The number of morpholine rings is 1. The molecule has 1 aliphatic heterocycles. The second-order valence-electron chi connectivity index (χ2n) is 10.2. The van der Waals surface area contributed by atoms with Crippen LogP contribution in [0.25, 0.3) is 10.9 Å². The van der Waals surface area contributed by atoms with Gasteiger partial charge in [0.1, 0.15) is 17.9 Å². The number of fused-ring (bicyclic) bond motifs is 1. The minimum atomic E-state index is 0.187. The largest absolute Gasteiger partial charge is 0.490 e. The summed E-state index contributed by atoms with van der Waals surface area (Å²) in [5, 5.41) is 0.966. The summed E-state index contributed by atoms with van der Waals surface area (Å²) < 4.78 is 12.0. The number of benzene rings is 1. The highest BCUT2D eigenvalue weighted by molar-refractivity contribution is 5.88. The maximum absolute atomic E-state index is 12.5. The zero-order valence-corrected chi connectivity index (χ0v) is 18.7. The Kier molecular flexibility index (Phi) is 5.59. The molecule has 31 heavy (non-hydrogen) atoms. The third kappa shape index (κ3) is 4.54. The van der Waals surface area contributed by atoms with Crippen molar-refractivity contribution in [2.24, 2.45) is 17.3 Å². The van der Waals surface area contributed by atoms with E-state index in [0.29, 0.717) is 17.6 Å². The van der Waals surface area contributed by atoms with Gasteiger partial charge in [-0.2, -0.15) is 0 Å².